The predicted molar refractivity (Wildman–Crippen MR) is 104 cm³/mol. The van der Waals surface area contributed by atoms with Crippen LogP contribution in [-0.4, -0.2) is 53.5 Å². The van der Waals surface area contributed by atoms with Gasteiger partial charge in [-0.1, -0.05) is 24.6 Å². The van der Waals surface area contributed by atoms with Gasteiger partial charge in [-0.05, 0) is 30.7 Å². The first-order valence-corrected chi connectivity index (χ1v) is 12.0. The summed E-state index contributed by atoms with van der Waals surface area (Å²) in [7, 11) is -3.01. The second-order valence-corrected chi connectivity index (χ2v) is 10.0. The Morgan fingerprint density at radius 1 is 1.41 bits per heavy atom. The molecular weight excluding hydrogens is 386 g/mol. The largest absolute Gasteiger partial charge is 0.339 e. The maximum atomic E-state index is 12.7. The zero-order valence-electron chi connectivity index (χ0n) is 15.5. The minimum atomic E-state index is -3.01. The van der Waals surface area contributed by atoms with E-state index in [4.69, 9.17) is 4.52 Å². The van der Waals surface area contributed by atoms with Crippen LogP contribution in [0.1, 0.15) is 44.9 Å². The monoisotopic (exact) mass is 411 g/mol. The fraction of sp³-hybridized carbons (Fsp3) is 0.611. The van der Waals surface area contributed by atoms with Crippen molar-refractivity contribution in [2.75, 3.05) is 18.1 Å². The molecule has 0 bridgehead atoms. The number of sulfone groups is 1. The van der Waals surface area contributed by atoms with Crippen LogP contribution in [0.2, 0.25) is 0 Å². The standard InChI is InChI=1S/C18H25N3O4S2/c1-2-3-10-21(14-9-12-27(23,24)13-14)17(22)8-4-7-16-19-18(20-25-16)15-6-5-11-26-15/h5-6,11,14H,2-4,7-10,12-13H2,1H3. The fourth-order valence-electron chi connectivity index (χ4n) is 3.26. The Bertz CT molecular complexity index is 846. The lowest BCUT2D eigenvalue weighted by atomic mass is 10.1. The van der Waals surface area contributed by atoms with Crippen molar-refractivity contribution in [2.24, 2.45) is 0 Å². The van der Waals surface area contributed by atoms with E-state index >= 15 is 0 Å². The van der Waals surface area contributed by atoms with E-state index in [0.717, 1.165) is 17.7 Å². The minimum Gasteiger partial charge on any atom is -0.339 e. The van der Waals surface area contributed by atoms with Crippen LogP contribution in [-0.2, 0) is 21.1 Å². The zero-order chi connectivity index (χ0) is 19.3. The summed E-state index contributed by atoms with van der Waals surface area (Å²) in [4.78, 5) is 19.8. The summed E-state index contributed by atoms with van der Waals surface area (Å²) >= 11 is 1.55. The van der Waals surface area contributed by atoms with Gasteiger partial charge in [-0.25, -0.2) is 8.42 Å². The number of aromatic nitrogens is 2. The summed E-state index contributed by atoms with van der Waals surface area (Å²) in [5.74, 6) is 1.39. The molecule has 0 N–H and O–H groups in total. The van der Waals surface area contributed by atoms with E-state index in [1.165, 1.54) is 0 Å². The van der Waals surface area contributed by atoms with Crippen LogP contribution in [0, 0.1) is 0 Å². The van der Waals surface area contributed by atoms with Gasteiger partial charge in [0.1, 0.15) is 0 Å². The Morgan fingerprint density at radius 3 is 2.93 bits per heavy atom. The number of thiophene rings is 1. The summed E-state index contributed by atoms with van der Waals surface area (Å²) in [6, 6.07) is 3.69. The SMILES string of the molecule is CCCCN(C(=O)CCCc1nc(-c2cccs2)no1)C1CCS(=O)(=O)C1. The molecule has 0 aromatic carbocycles. The average molecular weight is 412 g/mol. The smallest absolute Gasteiger partial charge is 0.226 e. The molecule has 0 spiro atoms. The summed E-state index contributed by atoms with van der Waals surface area (Å²) in [5, 5.41) is 5.93. The highest BCUT2D eigenvalue weighted by Gasteiger charge is 2.34. The molecule has 1 amide bonds. The van der Waals surface area contributed by atoms with Crippen molar-refractivity contribution in [3.05, 3.63) is 23.4 Å². The molecular formula is C18H25N3O4S2. The molecule has 148 valence electrons. The van der Waals surface area contributed by atoms with Gasteiger partial charge in [0.25, 0.3) is 0 Å². The highest BCUT2D eigenvalue weighted by Crippen LogP contribution is 2.22. The Morgan fingerprint density at radius 2 is 2.26 bits per heavy atom. The van der Waals surface area contributed by atoms with Crippen LogP contribution in [0.25, 0.3) is 10.7 Å². The molecule has 0 saturated carbocycles. The molecule has 2 aromatic heterocycles. The van der Waals surface area contributed by atoms with Gasteiger partial charge in [-0.15, -0.1) is 11.3 Å². The number of hydrogen-bond acceptors (Lipinski definition) is 7. The van der Waals surface area contributed by atoms with Crippen LogP contribution < -0.4 is 0 Å². The summed E-state index contributed by atoms with van der Waals surface area (Å²) < 4.78 is 28.8. The molecule has 1 aliphatic rings. The molecule has 3 heterocycles. The Labute approximate surface area is 163 Å². The van der Waals surface area contributed by atoms with Crippen LogP contribution >= 0.6 is 11.3 Å². The lowest BCUT2D eigenvalue weighted by Crippen LogP contribution is -2.41. The molecule has 1 aliphatic heterocycles. The molecule has 1 unspecified atom stereocenters. The average Bonchev–Trinajstić information content (AvgIpc) is 3.36. The van der Waals surface area contributed by atoms with E-state index in [2.05, 4.69) is 17.1 Å². The molecule has 27 heavy (non-hydrogen) atoms. The van der Waals surface area contributed by atoms with Crippen LogP contribution in [0.15, 0.2) is 22.0 Å². The maximum Gasteiger partial charge on any atom is 0.226 e. The molecule has 9 heteroatoms. The van der Waals surface area contributed by atoms with Crippen LogP contribution in [0.3, 0.4) is 0 Å². The van der Waals surface area contributed by atoms with E-state index in [1.54, 1.807) is 16.2 Å². The van der Waals surface area contributed by atoms with Crippen molar-refractivity contribution in [1.82, 2.24) is 15.0 Å². The third-order valence-electron chi connectivity index (χ3n) is 4.71. The molecule has 1 saturated heterocycles. The predicted octanol–water partition coefficient (Wildman–Crippen LogP) is 2.94. The van der Waals surface area contributed by atoms with Gasteiger partial charge < -0.3 is 9.42 Å². The van der Waals surface area contributed by atoms with Crippen molar-refractivity contribution >= 4 is 27.1 Å². The van der Waals surface area contributed by atoms with Gasteiger partial charge in [0.2, 0.25) is 17.6 Å². The normalized spacial score (nSPS) is 18.6. The van der Waals surface area contributed by atoms with Gasteiger partial charge in [0.15, 0.2) is 9.84 Å². The van der Waals surface area contributed by atoms with Crippen LogP contribution in [0.5, 0.6) is 0 Å². The number of amides is 1. The van der Waals surface area contributed by atoms with Crippen molar-refractivity contribution in [3.63, 3.8) is 0 Å². The summed E-state index contributed by atoms with van der Waals surface area (Å²) in [6.07, 6.45) is 3.90. The van der Waals surface area contributed by atoms with Gasteiger partial charge in [0.05, 0.1) is 16.4 Å². The van der Waals surface area contributed by atoms with Gasteiger partial charge in [-0.3, -0.25) is 4.79 Å². The van der Waals surface area contributed by atoms with Crippen molar-refractivity contribution in [3.8, 4) is 10.7 Å². The van der Waals surface area contributed by atoms with Gasteiger partial charge >= 0.3 is 0 Å². The number of carbonyl (C=O) groups excluding carboxylic acids is 1. The number of rotatable bonds is 9. The highest BCUT2D eigenvalue weighted by atomic mass is 32.2. The third kappa shape index (κ3) is 5.38. The first-order chi connectivity index (χ1) is 13.0. The first kappa shape index (κ1) is 20.0. The van der Waals surface area contributed by atoms with E-state index in [0.29, 0.717) is 43.9 Å². The second kappa shape index (κ2) is 8.97. The van der Waals surface area contributed by atoms with Gasteiger partial charge in [-0.2, -0.15) is 4.98 Å². The molecule has 0 aliphatic carbocycles. The van der Waals surface area contributed by atoms with Crippen molar-refractivity contribution < 1.29 is 17.7 Å². The Hall–Kier alpha value is -1.74. The molecule has 1 fully saturated rings. The number of aryl methyl sites for hydroxylation is 1. The number of carbonyl (C=O) groups is 1. The Balaban J connectivity index is 1.53. The minimum absolute atomic E-state index is 0.0172. The molecule has 1 atom stereocenters. The molecule has 2 aromatic rings. The molecule has 0 radical (unpaired) electrons. The van der Waals surface area contributed by atoms with Gasteiger partial charge in [0, 0.05) is 25.4 Å². The topological polar surface area (TPSA) is 93.4 Å². The van der Waals surface area contributed by atoms with E-state index < -0.39 is 9.84 Å². The summed E-state index contributed by atoms with van der Waals surface area (Å²) in [6.45, 7) is 2.69. The van der Waals surface area contributed by atoms with E-state index in [9.17, 15) is 13.2 Å². The zero-order valence-corrected chi connectivity index (χ0v) is 17.1. The molecule has 3 rings (SSSR count). The molecule has 7 nitrogen and oxygen atoms in total. The lowest BCUT2D eigenvalue weighted by molar-refractivity contribution is -0.133. The second-order valence-electron chi connectivity index (χ2n) is 6.84. The third-order valence-corrected chi connectivity index (χ3v) is 7.33. The maximum absolute atomic E-state index is 12.7. The quantitative estimate of drug-likeness (QED) is 0.630. The van der Waals surface area contributed by atoms with Crippen molar-refractivity contribution in [2.45, 2.75) is 51.5 Å². The van der Waals surface area contributed by atoms with Crippen molar-refractivity contribution in [1.29, 1.82) is 0 Å². The summed E-state index contributed by atoms with van der Waals surface area (Å²) in [5.41, 5.74) is 0. The lowest BCUT2D eigenvalue weighted by Gasteiger charge is -2.28. The van der Waals surface area contributed by atoms with E-state index in [1.807, 2.05) is 17.5 Å². The fourth-order valence-corrected chi connectivity index (χ4v) is 5.64. The number of unbranched alkanes of at least 4 members (excludes halogenated alkanes) is 1. The number of nitrogens with zero attached hydrogens (tertiary/aromatic N) is 3. The Kier molecular flexibility index (Phi) is 6.64. The first-order valence-electron chi connectivity index (χ1n) is 9.35. The highest BCUT2D eigenvalue weighted by molar-refractivity contribution is 7.91. The van der Waals surface area contributed by atoms with E-state index in [-0.39, 0.29) is 23.5 Å². The number of hydrogen-bond donors (Lipinski definition) is 0. The van der Waals surface area contributed by atoms with Crippen LogP contribution in [0.4, 0.5) is 0 Å².